The molecule has 1 aliphatic rings. The Morgan fingerprint density at radius 3 is 2.54 bits per heavy atom. The van der Waals surface area contributed by atoms with Gasteiger partial charge in [0.1, 0.15) is 11.3 Å². The summed E-state index contributed by atoms with van der Waals surface area (Å²) in [6, 6.07) is 22.1. The standard InChI is InChI=1S/C29H22FN5O2/c30-19-11-9-18(10-12-19)28-21-17-34(15-13-22(21)33-37-28)26(36)14-16-35-25-8-4-1-5-20(25)27-29(35)32-24-7-3-2-6-23(24)31-27/h1-12H,13-17H2. The molecule has 182 valence electrons. The predicted octanol–water partition coefficient (Wildman–Crippen LogP) is 5.51. The molecule has 0 radical (unpaired) electrons. The number of rotatable bonds is 4. The average molecular weight is 492 g/mol. The van der Waals surface area contributed by atoms with Crippen molar-refractivity contribution in [1.29, 1.82) is 0 Å². The highest BCUT2D eigenvalue weighted by atomic mass is 19.1. The van der Waals surface area contributed by atoms with Crippen LogP contribution < -0.4 is 0 Å². The monoisotopic (exact) mass is 491 g/mol. The highest BCUT2D eigenvalue weighted by Crippen LogP contribution is 2.32. The Hall–Kier alpha value is -4.59. The average Bonchev–Trinajstić information content (AvgIpc) is 3.49. The zero-order valence-corrected chi connectivity index (χ0v) is 19.9. The van der Waals surface area contributed by atoms with Crippen molar-refractivity contribution in [3.05, 3.63) is 89.9 Å². The molecule has 0 saturated heterocycles. The third kappa shape index (κ3) is 3.64. The van der Waals surface area contributed by atoms with Gasteiger partial charge in [0.2, 0.25) is 5.91 Å². The smallest absolute Gasteiger partial charge is 0.224 e. The second-order valence-electron chi connectivity index (χ2n) is 9.31. The summed E-state index contributed by atoms with van der Waals surface area (Å²) in [6.07, 6.45) is 0.952. The first-order chi connectivity index (χ1) is 18.2. The lowest BCUT2D eigenvalue weighted by Gasteiger charge is -2.26. The molecular formula is C29H22FN5O2. The highest BCUT2D eigenvalue weighted by molar-refractivity contribution is 6.06. The van der Waals surface area contributed by atoms with Crippen LogP contribution in [-0.4, -0.2) is 37.0 Å². The van der Waals surface area contributed by atoms with Crippen LogP contribution in [0.2, 0.25) is 0 Å². The van der Waals surface area contributed by atoms with Gasteiger partial charge in [0.15, 0.2) is 11.4 Å². The number of carbonyl (C=O) groups excluding carboxylic acids is 1. The van der Waals surface area contributed by atoms with Gasteiger partial charge in [0.05, 0.1) is 28.8 Å². The molecule has 0 atom stereocenters. The Labute approximate surface area is 211 Å². The summed E-state index contributed by atoms with van der Waals surface area (Å²) in [4.78, 5) is 25.0. The van der Waals surface area contributed by atoms with Crippen LogP contribution in [0.25, 0.3) is 44.4 Å². The van der Waals surface area contributed by atoms with Crippen molar-refractivity contribution in [2.24, 2.45) is 0 Å². The van der Waals surface area contributed by atoms with Crippen LogP contribution in [0.1, 0.15) is 17.7 Å². The number of hydrogen-bond acceptors (Lipinski definition) is 5. The van der Waals surface area contributed by atoms with Gasteiger partial charge in [0.25, 0.3) is 0 Å². The molecule has 3 aromatic carbocycles. The van der Waals surface area contributed by atoms with E-state index < -0.39 is 0 Å². The minimum atomic E-state index is -0.309. The minimum Gasteiger partial charge on any atom is -0.356 e. The van der Waals surface area contributed by atoms with E-state index in [9.17, 15) is 9.18 Å². The zero-order valence-electron chi connectivity index (χ0n) is 19.9. The van der Waals surface area contributed by atoms with Crippen molar-refractivity contribution in [1.82, 2.24) is 24.6 Å². The second-order valence-corrected chi connectivity index (χ2v) is 9.31. The molecular weight excluding hydrogens is 469 g/mol. The quantitative estimate of drug-likeness (QED) is 0.325. The molecule has 0 unspecified atom stereocenters. The Kier molecular flexibility index (Phi) is 4.99. The van der Waals surface area contributed by atoms with Crippen molar-refractivity contribution < 1.29 is 13.7 Å². The third-order valence-electron chi connectivity index (χ3n) is 7.10. The Bertz CT molecular complexity index is 1800. The maximum atomic E-state index is 13.4. The summed E-state index contributed by atoms with van der Waals surface area (Å²) in [6.45, 7) is 1.49. The van der Waals surface area contributed by atoms with E-state index in [2.05, 4.69) is 15.8 Å². The summed E-state index contributed by atoms with van der Waals surface area (Å²) in [5.74, 6) is 0.338. The van der Waals surface area contributed by atoms with Gasteiger partial charge in [-0.25, -0.2) is 14.4 Å². The Balaban J connectivity index is 1.17. The first kappa shape index (κ1) is 21.7. The fraction of sp³-hybridized carbons (Fsp3) is 0.172. The van der Waals surface area contributed by atoms with E-state index in [1.807, 2.05) is 47.4 Å². The normalized spacial score (nSPS) is 13.5. The van der Waals surface area contributed by atoms with Gasteiger partial charge in [-0.3, -0.25) is 4.79 Å². The van der Waals surface area contributed by atoms with Gasteiger partial charge in [0, 0.05) is 42.4 Å². The molecule has 4 heterocycles. The fourth-order valence-corrected chi connectivity index (χ4v) is 5.23. The molecule has 0 bridgehead atoms. The largest absolute Gasteiger partial charge is 0.356 e. The molecule has 3 aromatic heterocycles. The SMILES string of the molecule is O=C(CCn1c2ccccc2c2nc3ccccc3nc21)N1CCc2noc(-c3ccc(F)cc3)c2C1. The number of para-hydroxylation sites is 3. The summed E-state index contributed by atoms with van der Waals surface area (Å²) < 4.78 is 21.1. The molecule has 8 heteroatoms. The molecule has 1 amide bonds. The third-order valence-corrected chi connectivity index (χ3v) is 7.10. The van der Waals surface area contributed by atoms with Crippen molar-refractivity contribution >= 4 is 39.0 Å². The lowest BCUT2D eigenvalue weighted by atomic mass is 10.0. The van der Waals surface area contributed by atoms with E-state index in [0.717, 1.165) is 49.9 Å². The maximum Gasteiger partial charge on any atom is 0.224 e. The van der Waals surface area contributed by atoms with E-state index >= 15 is 0 Å². The molecule has 0 spiro atoms. The Morgan fingerprint density at radius 2 is 1.70 bits per heavy atom. The van der Waals surface area contributed by atoms with Crippen LogP contribution in [-0.2, 0) is 24.3 Å². The van der Waals surface area contributed by atoms with Gasteiger partial charge in [-0.2, -0.15) is 0 Å². The van der Waals surface area contributed by atoms with E-state index in [1.165, 1.54) is 12.1 Å². The Morgan fingerprint density at radius 1 is 0.946 bits per heavy atom. The van der Waals surface area contributed by atoms with Crippen molar-refractivity contribution in [3.63, 3.8) is 0 Å². The zero-order chi connectivity index (χ0) is 24.9. The summed E-state index contributed by atoms with van der Waals surface area (Å²) in [5.41, 5.74) is 6.82. The number of halogens is 1. The molecule has 0 saturated carbocycles. The summed E-state index contributed by atoms with van der Waals surface area (Å²) in [5, 5.41) is 5.23. The number of benzene rings is 3. The number of aryl methyl sites for hydroxylation is 1. The number of amides is 1. The topological polar surface area (TPSA) is 77.1 Å². The first-order valence-corrected chi connectivity index (χ1v) is 12.3. The lowest BCUT2D eigenvalue weighted by molar-refractivity contribution is -0.132. The summed E-state index contributed by atoms with van der Waals surface area (Å²) in [7, 11) is 0. The van der Waals surface area contributed by atoms with Crippen LogP contribution in [0, 0.1) is 5.82 Å². The van der Waals surface area contributed by atoms with E-state index in [1.54, 1.807) is 12.1 Å². The fourth-order valence-electron chi connectivity index (χ4n) is 5.23. The van der Waals surface area contributed by atoms with E-state index in [0.29, 0.717) is 38.2 Å². The second kappa shape index (κ2) is 8.51. The van der Waals surface area contributed by atoms with Gasteiger partial charge in [-0.15, -0.1) is 0 Å². The highest BCUT2D eigenvalue weighted by Gasteiger charge is 2.27. The van der Waals surface area contributed by atoms with Gasteiger partial charge >= 0.3 is 0 Å². The maximum absolute atomic E-state index is 13.4. The molecule has 6 aromatic rings. The lowest BCUT2D eigenvalue weighted by Crippen LogP contribution is -2.36. The van der Waals surface area contributed by atoms with Gasteiger partial charge in [-0.1, -0.05) is 35.5 Å². The predicted molar refractivity (Wildman–Crippen MR) is 138 cm³/mol. The summed E-state index contributed by atoms with van der Waals surface area (Å²) >= 11 is 0. The molecule has 0 N–H and O–H groups in total. The molecule has 7 rings (SSSR count). The molecule has 37 heavy (non-hydrogen) atoms. The van der Waals surface area contributed by atoms with Crippen LogP contribution in [0.5, 0.6) is 0 Å². The van der Waals surface area contributed by atoms with Crippen LogP contribution in [0.4, 0.5) is 4.39 Å². The van der Waals surface area contributed by atoms with Crippen molar-refractivity contribution in [2.45, 2.75) is 25.9 Å². The number of carbonyl (C=O) groups is 1. The van der Waals surface area contributed by atoms with Crippen LogP contribution in [0.15, 0.2) is 77.3 Å². The minimum absolute atomic E-state index is 0.0524. The molecule has 7 nitrogen and oxygen atoms in total. The van der Waals surface area contributed by atoms with Crippen LogP contribution in [0.3, 0.4) is 0 Å². The van der Waals surface area contributed by atoms with Crippen molar-refractivity contribution in [2.75, 3.05) is 6.54 Å². The van der Waals surface area contributed by atoms with Crippen molar-refractivity contribution in [3.8, 4) is 11.3 Å². The molecule has 0 aliphatic carbocycles. The van der Waals surface area contributed by atoms with E-state index in [4.69, 9.17) is 14.5 Å². The number of nitrogens with zero attached hydrogens (tertiary/aromatic N) is 5. The number of hydrogen-bond donors (Lipinski definition) is 0. The van der Waals surface area contributed by atoms with Gasteiger partial charge < -0.3 is 14.0 Å². The van der Waals surface area contributed by atoms with E-state index in [-0.39, 0.29) is 11.7 Å². The molecule has 0 fully saturated rings. The number of fused-ring (bicyclic) bond motifs is 5. The van der Waals surface area contributed by atoms with Crippen LogP contribution >= 0.6 is 0 Å². The van der Waals surface area contributed by atoms with Gasteiger partial charge in [-0.05, 0) is 42.5 Å². The number of aromatic nitrogens is 4. The first-order valence-electron chi connectivity index (χ1n) is 12.3. The molecule has 1 aliphatic heterocycles.